The summed E-state index contributed by atoms with van der Waals surface area (Å²) in [6, 6.07) is 17.6. The van der Waals surface area contributed by atoms with E-state index in [9.17, 15) is 4.89 Å². The summed E-state index contributed by atoms with van der Waals surface area (Å²) in [7, 11) is -3.61. The number of benzene rings is 2. The number of rotatable bonds is 7. The molecule has 2 aromatic carbocycles. The van der Waals surface area contributed by atoms with Crippen molar-refractivity contribution in [3.05, 3.63) is 59.7 Å². The lowest BCUT2D eigenvalue weighted by atomic mass is 10.1. The summed E-state index contributed by atoms with van der Waals surface area (Å²) >= 11 is 0. The Labute approximate surface area is 187 Å². The van der Waals surface area contributed by atoms with Crippen molar-refractivity contribution in [3.8, 4) is 23.6 Å². The number of nitriles is 2. The zero-order valence-electron chi connectivity index (χ0n) is 18.6. The lowest BCUT2D eigenvalue weighted by Crippen LogP contribution is -2.43. The number of hydrogen-bond acceptors (Lipinski definition) is 7. The molecule has 2 rings (SSSR count). The van der Waals surface area contributed by atoms with Gasteiger partial charge in [0.05, 0.1) is 23.3 Å². The SMILES string of the molecule is CC(C)(C)NP(Oc1ccc(C#N)cc1)N(P(O)Oc1ccc(C#N)cc1)C(C)(C)C. The standard InChI is InChI=1S/C22H28N4O3P2/c1-21(2,3)25-30(28-19-11-7-17(15-23)8-12-19)26(22(4,5)6)31(27)29-20-13-9-18(16-24)10-14-20/h7-14,25,27H,1-6H3. The maximum Gasteiger partial charge on any atom is 0.326 e. The third-order valence-electron chi connectivity index (χ3n) is 3.71. The van der Waals surface area contributed by atoms with Crippen molar-refractivity contribution in [2.75, 3.05) is 0 Å². The summed E-state index contributed by atoms with van der Waals surface area (Å²) < 4.78 is 13.9. The third-order valence-corrected chi connectivity index (χ3v) is 8.15. The van der Waals surface area contributed by atoms with Crippen LogP contribution in [0.3, 0.4) is 0 Å². The van der Waals surface area contributed by atoms with Crippen LogP contribution in [-0.4, -0.2) is 20.4 Å². The maximum absolute atomic E-state index is 11.1. The van der Waals surface area contributed by atoms with Gasteiger partial charge in [0.2, 0.25) is 0 Å². The van der Waals surface area contributed by atoms with Gasteiger partial charge in [0.1, 0.15) is 11.5 Å². The number of hydrogen-bond donors (Lipinski definition) is 2. The van der Waals surface area contributed by atoms with Crippen molar-refractivity contribution in [3.63, 3.8) is 0 Å². The van der Waals surface area contributed by atoms with Gasteiger partial charge in [0.25, 0.3) is 8.45 Å². The summed E-state index contributed by atoms with van der Waals surface area (Å²) in [5, 5.41) is 21.5. The summed E-state index contributed by atoms with van der Waals surface area (Å²) in [6.07, 6.45) is 0. The molecule has 0 radical (unpaired) electrons. The molecule has 31 heavy (non-hydrogen) atoms. The zero-order valence-corrected chi connectivity index (χ0v) is 20.4. The van der Waals surface area contributed by atoms with Gasteiger partial charge in [0.15, 0.2) is 0 Å². The van der Waals surface area contributed by atoms with Gasteiger partial charge in [-0.3, -0.25) is 0 Å². The summed E-state index contributed by atoms with van der Waals surface area (Å²) in [4.78, 5) is 11.1. The highest BCUT2D eigenvalue weighted by atomic mass is 31.2. The van der Waals surface area contributed by atoms with E-state index in [-0.39, 0.29) is 5.54 Å². The average Bonchev–Trinajstić information content (AvgIpc) is 2.67. The Hall–Kier alpha value is -2.24. The topological polar surface area (TPSA) is 102 Å². The van der Waals surface area contributed by atoms with Gasteiger partial charge in [-0.2, -0.15) is 15.0 Å². The molecule has 2 aromatic rings. The first-order chi connectivity index (χ1) is 14.4. The molecule has 0 aromatic heterocycles. The minimum Gasteiger partial charge on any atom is -0.444 e. The Morgan fingerprint density at radius 3 is 1.58 bits per heavy atom. The van der Waals surface area contributed by atoms with Crippen LogP contribution < -0.4 is 14.1 Å². The average molecular weight is 458 g/mol. The smallest absolute Gasteiger partial charge is 0.326 e. The van der Waals surface area contributed by atoms with Gasteiger partial charge in [-0.1, -0.05) is 0 Å². The van der Waals surface area contributed by atoms with E-state index in [2.05, 4.69) is 17.2 Å². The van der Waals surface area contributed by atoms with Crippen LogP contribution in [-0.2, 0) is 0 Å². The Morgan fingerprint density at radius 2 is 1.23 bits per heavy atom. The number of nitrogens with one attached hydrogen (secondary N) is 1. The summed E-state index contributed by atoms with van der Waals surface area (Å²) in [6.45, 7) is 12.0. The predicted molar refractivity (Wildman–Crippen MR) is 124 cm³/mol. The van der Waals surface area contributed by atoms with Crippen LogP contribution >= 0.6 is 17.0 Å². The van der Waals surface area contributed by atoms with E-state index in [1.807, 2.05) is 41.5 Å². The highest BCUT2D eigenvalue weighted by molar-refractivity contribution is 7.62. The second kappa shape index (κ2) is 10.4. The molecule has 0 heterocycles. The molecule has 0 bridgehead atoms. The summed E-state index contributed by atoms with van der Waals surface area (Å²) in [5.41, 5.74) is 0.264. The second-order valence-corrected chi connectivity index (χ2v) is 11.6. The van der Waals surface area contributed by atoms with Crippen molar-refractivity contribution in [1.29, 1.82) is 10.5 Å². The monoisotopic (exact) mass is 458 g/mol. The first-order valence-electron chi connectivity index (χ1n) is 9.66. The van der Waals surface area contributed by atoms with Crippen LogP contribution in [0.5, 0.6) is 11.5 Å². The van der Waals surface area contributed by atoms with Gasteiger partial charge >= 0.3 is 8.53 Å². The normalized spacial score (nSPS) is 13.7. The van der Waals surface area contributed by atoms with E-state index in [1.165, 1.54) is 0 Å². The molecule has 9 heteroatoms. The largest absolute Gasteiger partial charge is 0.444 e. The minimum atomic E-state index is -2.08. The molecule has 0 spiro atoms. The third kappa shape index (κ3) is 7.75. The van der Waals surface area contributed by atoms with Crippen molar-refractivity contribution in [2.24, 2.45) is 0 Å². The molecule has 0 aliphatic heterocycles. The van der Waals surface area contributed by atoms with Gasteiger partial charge in [-0.15, -0.1) is 0 Å². The van der Waals surface area contributed by atoms with Gasteiger partial charge < -0.3 is 13.9 Å². The van der Waals surface area contributed by atoms with Crippen molar-refractivity contribution < 1.29 is 13.9 Å². The molecule has 0 saturated carbocycles. The zero-order chi connectivity index (χ0) is 23.2. The molecule has 0 aliphatic carbocycles. The Bertz CT molecular complexity index is 940. The van der Waals surface area contributed by atoms with E-state index in [4.69, 9.17) is 19.6 Å². The highest BCUT2D eigenvalue weighted by Gasteiger charge is 2.41. The van der Waals surface area contributed by atoms with Crippen LogP contribution in [0.4, 0.5) is 0 Å². The summed E-state index contributed by atoms with van der Waals surface area (Å²) in [5.74, 6) is 1.05. The molecule has 2 N–H and O–H groups in total. The molecule has 0 fully saturated rings. The Balaban J connectivity index is 2.34. The maximum atomic E-state index is 11.1. The van der Waals surface area contributed by atoms with E-state index in [0.717, 1.165) is 0 Å². The van der Waals surface area contributed by atoms with E-state index < -0.39 is 22.5 Å². The fraction of sp³-hybridized carbons (Fsp3) is 0.364. The molecular weight excluding hydrogens is 430 g/mol. The van der Waals surface area contributed by atoms with Crippen LogP contribution in [0.25, 0.3) is 0 Å². The second-order valence-electron chi connectivity index (χ2n) is 8.80. The van der Waals surface area contributed by atoms with Crippen molar-refractivity contribution in [1.82, 2.24) is 9.53 Å². The fourth-order valence-corrected chi connectivity index (χ4v) is 5.88. The molecule has 0 amide bonds. The molecule has 2 unspecified atom stereocenters. The first-order valence-corrected chi connectivity index (χ1v) is 12.0. The van der Waals surface area contributed by atoms with Gasteiger partial charge in [-0.05, 0) is 90.1 Å². The molecular formula is C22H28N4O3P2. The van der Waals surface area contributed by atoms with Gasteiger partial charge in [-0.25, -0.2) is 5.09 Å². The first kappa shape index (κ1) is 25.0. The fourth-order valence-electron chi connectivity index (χ4n) is 2.41. The lowest BCUT2D eigenvalue weighted by Gasteiger charge is -2.42. The quantitative estimate of drug-likeness (QED) is 0.504. The predicted octanol–water partition coefficient (Wildman–Crippen LogP) is 5.82. The highest BCUT2D eigenvalue weighted by Crippen LogP contribution is 2.58. The lowest BCUT2D eigenvalue weighted by molar-refractivity contribution is 0.301. The minimum absolute atomic E-state index is 0.299. The van der Waals surface area contributed by atoms with E-state index in [1.54, 1.807) is 53.0 Å². The molecule has 0 saturated heterocycles. The molecule has 164 valence electrons. The number of nitrogens with zero attached hydrogens (tertiary/aromatic N) is 3. The van der Waals surface area contributed by atoms with Gasteiger partial charge in [0, 0.05) is 11.1 Å². The van der Waals surface area contributed by atoms with Crippen LogP contribution in [0.15, 0.2) is 48.5 Å². The van der Waals surface area contributed by atoms with E-state index >= 15 is 0 Å². The van der Waals surface area contributed by atoms with Crippen molar-refractivity contribution >= 4 is 17.0 Å². The molecule has 0 aliphatic rings. The van der Waals surface area contributed by atoms with Crippen LogP contribution in [0, 0.1) is 22.7 Å². The Morgan fingerprint density at radius 1 is 0.806 bits per heavy atom. The van der Waals surface area contributed by atoms with Crippen molar-refractivity contribution in [2.45, 2.75) is 52.6 Å². The van der Waals surface area contributed by atoms with Crippen LogP contribution in [0.1, 0.15) is 52.7 Å². The Kier molecular flexibility index (Phi) is 8.38. The molecule has 7 nitrogen and oxygen atoms in total. The van der Waals surface area contributed by atoms with Crippen LogP contribution in [0.2, 0.25) is 0 Å². The van der Waals surface area contributed by atoms with E-state index in [0.29, 0.717) is 22.6 Å². The molecule has 2 atom stereocenters.